The third kappa shape index (κ3) is 2.67. The first-order valence-electron chi connectivity index (χ1n) is 6.11. The van der Waals surface area contributed by atoms with Crippen molar-refractivity contribution in [3.63, 3.8) is 0 Å². The van der Waals surface area contributed by atoms with E-state index in [2.05, 4.69) is 26.6 Å². The van der Waals surface area contributed by atoms with Crippen molar-refractivity contribution in [2.75, 3.05) is 11.9 Å². The van der Waals surface area contributed by atoms with Crippen molar-refractivity contribution >= 4 is 38.9 Å². The van der Waals surface area contributed by atoms with E-state index in [0.717, 1.165) is 28.0 Å². The Bertz CT molecular complexity index is 624. The summed E-state index contributed by atoms with van der Waals surface area (Å²) in [4.78, 5) is 13.2. The van der Waals surface area contributed by atoms with Crippen LogP contribution in [0.3, 0.4) is 0 Å². The molecule has 0 saturated carbocycles. The minimum atomic E-state index is -0.0307. The van der Waals surface area contributed by atoms with E-state index < -0.39 is 0 Å². The monoisotopic (exact) mass is 336 g/mol. The smallest absolute Gasteiger partial charge is 0.251 e. The lowest BCUT2D eigenvalue weighted by Crippen LogP contribution is -2.22. The van der Waals surface area contributed by atoms with Crippen LogP contribution >= 0.6 is 27.3 Å². The zero-order valence-electron chi connectivity index (χ0n) is 10.2. The third-order valence-corrected chi connectivity index (χ3v) is 5.11. The molecular formula is C14H13BrN2OS. The van der Waals surface area contributed by atoms with E-state index >= 15 is 0 Å². The van der Waals surface area contributed by atoms with Crippen LogP contribution < -0.4 is 10.6 Å². The summed E-state index contributed by atoms with van der Waals surface area (Å²) >= 11 is 5.10. The lowest BCUT2D eigenvalue weighted by atomic mass is 10.1. The van der Waals surface area contributed by atoms with Crippen LogP contribution in [0.25, 0.3) is 0 Å². The number of halogens is 1. The highest BCUT2D eigenvalue weighted by Gasteiger charge is 2.13. The predicted molar refractivity (Wildman–Crippen MR) is 81.8 cm³/mol. The molecule has 1 aromatic carbocycles. The number of nitrogens with one attached hydrogen (secondary N) is 2. The summed E-state index contributed by atoms with van der Waals surface area (Å²) < 4.78 is 1.05. The molecular weight excluding hydrogens is 324 g/mol. The van der Waals surface area contributed by atoms with Gasteiger partial charge in [-0.05, 0) is 51.5 Å². The van der Waals surface area contributed by atoms with Gasteiger partial charge in [0.05, 0.1) is 6.54 Å². The largest absolute Gasteiger partial charge is 0.384 e. The normalized spacial score (nSPS) is 12.9. The minimum absolute atomic E-state index is 0.0307. The molecule has 1 aromatic heterocycles. The van der Waals surface area contributed by atoms with Crippen LogP contribution in [0.5, 0.6) is 0 Å². The van der Waals surface area contributed by atoms with Gasteiger partial charge in [-0.15, -0.1) is 11.3 Å². The highest BCUT2D eigenvalue weighted by atomic mass is 79.9. The summed E-state index contributed by atoms with van der Waals surface area (Å²) in [6.07, 6.45) is 1.04. The van der Waals surface area contributed by atoms with Crippen LogP contribution in [0.1, 0.15) is 20.8 Å². The van der Waals surface area contributed by atoms with Crippen LogP contribution in [0.15, 0.2) is 34.1 Å². The van der Waals surface area contributed by atoms with Crippen LogP contribution in [0, 0.1) is 0 Å². The van der Waals surface area contributed by atoms with Crippen molar-refractivity contribution < 1.29 is 4.79 Å². The Hall–Kier alpha value is -1.33. The second-order valence-corrected chi connectivity index (χ2v) is 6.28. The SMILES string of the molecule is O=C(NCc1sccc1Br)c1ccc2c(c1)NCC2. The highest BCUT2D eigenvalue weighted by Crippen LogP contribution is 2.24. The van der Waals surface area contributed by atoms with Gasteiger partial charge in [0.25, 0.3) is 5.91 Å². The van der Waals surface area contributed by atoms with E-state index in [1.165, 1.54) is 5.56 Å². The standard InChI is InChI=1S/C14H13BrN2OS/c15-11-4-6-19-13(11)8-17-14(18)10-2-1-9-3-5-16-12(9)7-10/h1-2,4,6-7,16H,3,5,8H2,(H,17,18). The molecule has 19 heavy (non-hydrogen) atoms. The lowest BCUT2D eigenvalue weighted by molar-refractivity contribution is 0.0951. The minimum Gasteiger partial charge on any atom is -0.384 e. The molecule has 2 heterocycles. The number of rotatable bonds is 3. The summed E-state index contributed by atoms with van der Waals surface area (Å²) in [5.74, 6) is -0.0307. The second-order valence-electron chi connectivity index (χ2n) is 4.42. The number of thiophene rings is 1. The summed E-state index contributed by atoms with van der Waals surface area (Å²) in [7, 11) is 0. The Labute approximate surface area is 124 Å². The van der Waals surface area contributed by atoms with E-state index in [4.69, 9.17) is 0 Å². The Morgan fingerprint density at radius 1 is 1.42 bits per heavy atom. The first kappa shape index (κ1) is 12.7. The fourth-order valence-electron chi connectivity index (χ4n) is 2.15. The molecule has 0 saturated heterocycles. The highest BCUT2D eigenvalue weighted by molar-refractivity contribution is 9.10. The van der Waals surface area contributed by atoms with Gasteiger partial charge >= 0.3 is 0 Å². The molecule has 0 bridgehead atoms. The Morgan fingerprint density at radius 2 is 2.32 bits per heavy atom. The third-order valence-electron chi connectivity index (χ3n) is 3.18. The number of hydrogen-bond donors (Lipinski definition) is 2. The summed E-state index contributed by atoms with van der Waals surface area (Å²) in [5.41, 5.74) is 3.09. The van der Waals surface area contributed by atoms with Crippen molar-refractivity contribution in [1.82, 2.24) is 5.32 Å². The molecule has 1 aliphatic rings. The molecule has 0 fully saturated rings. The first-order valence-corrected chi connectivity index (χ1v) is 7.78. The molecule has 0 spiro atoms. The molecule has 0 atom stereocenters. The molecule has 0 radical (unpaired) electrons. The average Bonchev–Trinajstić information content (AvgIpc) is 3.03. The number of amides is 1. The molecule has 0 aliphatic carbocycles. The number of hydrogen-bond acceptors (Lipinski definition) is 3. The van der Waals surface area contributed by atoms with Crippen molar-refractivity contribution in [2.45, 2.75) is 13.0 Å². The van der Waals surface area contributed by atoms with Crippen LogP contribution in [0.2, 0.25) is 0 Å². The van der Waals surface area contributed by atoms with E-state index in [1.807, 2.05) is 29.6 Å². The van der Waals surface area contributed by atoms with E-state index in [9.17, 15) is 4.79 Å². The number of carbonyl (C=O) groups is 1. The van der Waals surface area contributed by atoms with Gasteiger partial charge in [-0.3, -0.25) is 4.79 Å². The van der Waals surface area contributed by atoms with Crippen molar-refractivity contribution in [3.05, 3.63) is 50.1 Å². The van der Waals surface area contributed by atoms with Gasteiger partial charge in [0.1, 0.15) is 0 Å². The number of carbonyl (C=O) groups excluding carboxylic acids is 1. The van der Waals surface area contributed by atoms with Gasteiger partial charge in [-0.1, -0.05) is 6.07 Å². The van der Waals surface area contributed by atoms with Gasteiger partial charge in [0.2, 0.25) is 0 Å². The number of benzene rings is 1. The van der Waals surface area contributed by atoms with Crippen molar-refractivity contribution in [2.24, 2.45) is 0 Å². The topological polar surface area (TPSA) is 41.1 Å². The van der Waals surface area contributed by atoms with E-state index in [0.29, 0.717) is 12.1 Å². The average molecular weight is 337 g/mol. The number of fused-ring (bicyclic) bond motifs is 1. The van der Waals surface area contributed by atoms with Crippen LogP contribution in [-0.2, 0) is 13.0 Å². The van der Waals surface area contributed by atoms with Crippen molar-refractivity contribution in [3.8, 4) is 0 Å². The zero-order chi connectivity index (χ0) is 13.2. The molecule has 1 aliphatic heterocycles. The molecule has 1 amide bonds. The fourth-order valence-corrected chi connectivity index (χ4v) is 3.58. The quantitative estimate of drug-likeness (QED) is 0.901. The Balaban J connectivity index is 1.69. The molecule has 3 rings (SSSR count). The summed E-state index contributed by atoms with van der Waals surface area (Å²) in [6, 6.07) is 7.85. The van der Waals surface area contributed by atoms with Gasteiger partial charge in [0, 0.05) is 27.1 Å². The van der Waals surface area contributed by atoms with Crippen molar-refractivity contribution in [1.29, 1.82) is 0 Å². The molecule has 98 valence electrons. The number of anilines is 1. The van der Waals surface area contributed by atoms with Crippen LogP contribution in [-0.4, -0.2) is 12.5 Å². The first-order chi connectivity index (χ1) is 9.24. The Morgan fingerprint density at radius 3 is 3.11 bits per heavy atom. The maximum atomic E-state index is 12.1. The molecule has 2 aromatic rings. The molecule has 3 nitrogen and oxygen atoms in total. The predicted octanol–water partition coefficient (Wildman–Crippen LogP) is 3.41. The maximum absolute atomic E-state index is 12.1. The molecule has 0 unspecified atom stereocenters. The van der Waals surface area contributed by atoms with Crippen LogP contribution in [0.4, 0.5) is 5.69 Å². The zero-order valence-corrected chi connectivity index (χ0v) is 12.6. The Kier molecular flexibility index (Phi) is 3.57. The lowest BCUT2D eigenvalue weighted by Gasteiger charge is -2.06. The maximum Gasteiger partial charge on any atom is 0.251 e. The van der Waals surface area contributed by atoms with E-state index in [-0.39, 0.29) is 5.91 Å². The summed E-state index contributed by atoms with van der Waals surface area (Å²) in [5, 5.41) is 8.24. The molecule has 5 heteroatoms. The van der Waals surface area contributed by atoms with Gasteiger partial charge in [-0.25, -0.2) is 0 Å². The second kappa shape index (κ2) is 5.35. The fraction of sp³-hybridized carbons (Fsp3) is 0.214. The van der Waals surface area contributed by atoms with Gasteiger partial charge < -0.3 is 10.6 Å². The summed E-state index contributed by atoms with van der Waals surface area (Å²) in [6.45, 7) is 1.52. The van der Waals surface area contributed by atoms with Gasteiger partial charge in [0.15, 0.2) is 0 Å². The van der Waals surface area contributed by atoms with E-state index in [1.54, 1.807) is 11.3 Å². The van der Waals surface area contributed by atoms with Gasteiger partial charge in [-0.2, -0.15) is 0 Å². The molecule has 2 N–H and O–H groups in total.